The molecule has 0 bridgehead atoms. The topological polar surface area (TPSA) is 46.3 Å². The molecule has 0 aliphatic heterocycles. The highest BCUT2D eigenvalue weighted by Crippen LogP contribution is 2.20. The number of amides is 1. The Morgan fingerprint density at radius 3 is 2.16 bits per heavy atom. The maximum atomic E-state index is 12.5. The number of carbonyl (C=O) groups excluding carboxylic acids is 1. The highest BCUT2D eigenvalue weighted by atomic mass is 19.4. The average Bonchev–Trinajstić information content (AvgIpc) is 2.34. The zero-order valence-corrected chi connectivity index (χ0v) is 10.9. The molecular weight excluding hydrogens is 257 g/mol. The summed E-state index contributed by atoms with van der Waals surface area (Å²) in [6.07, 6.45) is -4.41. The van der Waals surface area contributed by atoms with E-state index < -0.39 is 24.7 Å². The van der Waals surface area contributed by atoms with Crippen molar-refractivity contribution in [3.8, 4) is 0 Å². The van der Waals surface area contributed by atoms with Crippen molar-refractivity contribution >= 4 is 5.91 Å². The monoisotopic (exact) mass is 274 g/mol. The van der Waals surface area contributed by atoms with E-state index in [0.717, 1.165) is 10.5 Å². The molecule has 106 valence electrons. The predicted octanol–water partition coefficient (Wildman–Crippen LogP) is 2.56. The van der Waals surface area contributed by atoms with E-state index in [2.05, 4.69) is 0 Å². The molecule has 0 aromatic heterocycles. The standard InChI is InChI=1S/C13H17F3N2O/c1-9(2)18(8-13(14,15)16)12(19)11-5-3-10(7-17)4-6-11/h3-6,9H,7-8,17H2,1-2H3. The van der Waals surface area contributed by atoms with Crippen LogP contribution >= 0.6 is 0 Å². The first-order valence-corrected chi connectivity index (χ1v) is 5.91. The highest BCUT2D eigenvalue weighted by molar-refractivity contribution is 5.94. The Morgan fingerprint density at radius 2 is 1.79 bits per heavy atom. The van der Waals surface area contributed by atoms with Gasteiger partial charge >= 0.3 is 6.18 Å². The second kappa shape index (κ2) is 6.06. The van der Waals surface area contributed by atoms with Gasteiger partial charge in [-0.05, 0) is 31.5 Å². The largest absolute Gasteiger partial charge is 0.406 e. The summed E-state index contributed by atoms with van der Waals surface area (Å²) in [7, 11) is 0. The van der Waals surface area contributed by atoms with E-state index in [0.29, 0.717) is 6.54 Å². The van der Waals surface area contributed by atoms with Crippen molar-refractivity contribution in [2.24, 2.45) is 5.73 Å². The molecule has 1 amide bonds. The molecule has 0 heterocycles. The van der Waals surface area contributed by atoms with Crippen LogP contribution in [0.15, 0.2) is 24.3 Å². The summed E-state index contributed by atoms with van der Waals surface area (Å²) in [4.78, 5) is 12.9. The number of carbonyl (C=O) groups is 1. The first-order valence-electron chi connectivity index (χ1n) is 5.91. The SMILES string of the molecule is CC(C)N(CC(F)(F)F)C(=O)c1ccc(CN)cc1. The molecule has 1 aromatic rings. The van der Waals surface area contributed by atoms with Gasteiger partial charge < -0.3 is 10.6 Å². The van der Waals surface area contributed by atoms with Crippen LogP contribution < -0.4 is 5.73 Å². The number of halogens is 3. The molecule has 1 aromatic carbocycles. The van der Waals surface area contributed by atoms with Crippen LogP contribution in [-0.2, 0) is 6.54 Å². The fourth-order valence-corrected chi connectivity index (χ4v) is 1.63. The van der Waals surface area contributed by atoms with E-state index in [1.807, 2.05) is 0 Å². The average molecular weight is 274 g/mol. The van der Waals surface area contributed by atoms with Gasteiger partial charge in [0.15, 0.2) is 0 Å². The van der Waals surface area contributed by atoms with Gasteiger partial charge in [-0.1, -0.05) is 12.1 Å². The van der Waals surface area contributed by atoms with Gasteiger partial charge in [0.1, 0.15) is 6.54 Å². The third-order valence-corrected chi connectivity index (χ3v) is 2.67. The molecule has 0 aliphatic carbocycles. The maximum absolute atomic E-state index is 12.5. The second-order valence-electron chi connectivity index (χ2n) is 4.54. The van der Waals surface area contributed by atoms with Crippen LogP contribution in [0.2, 0.25) is 0 Å². The molecule has 3 nitrogen and oxygen atoms in total. The minimum absolute atomic E-state index is 0.232. The van der Waals surface area contributed by atoms with Crippen molar-refractivity contribution in [3.63, 3.8) is 0 Å². The Balaban J connectivity index is 2.92. The third kappa shape index (κ3) is 4.55. The summed E-state index contributed by atoms with van der Waals surface area (Å²) in [5.41, 5.74) is 6.48. The van der Waals surface area contributed by atoms with Gasteiger partial charge in [0.2, 0.25) is 0 Å². The van der Waals surface area contributed by atoms with Gasteiger partial charge in [0.25, 0.3) is 5.91 Å². The van der Waals surface area contributed by atoms with E-state index in [4.69, 9.17) is 5.73 Å². The molecule has 0 aliphatic rings. The molecule has 0 fully saturated rings. The minimum Gasteiger partial charge on any atom is -0.327 e. The normalized spacial score (nSPS) is 11.7. The van der Waals surface area contributed by atoms with E-state index in [1.165, 1.54) is 12.1 Å². The van der Waals surface area contributed by atoms with Crippen LogP contribution in [0.3, 0.4) is 0 Å². The Bertz CT molecular complexity index is 427. The van der Waals surface area contributed by atoms with E-state index in [9.17, 15) is 18.0 Å². The summed E-state index contributed by atoms with van der Waals surface area (Å²) in [5, 5.41) is 0. The summed E-state index contributed by atoms with van der Waals surface area (Å²) in [6, 6.07) is 5.74. The van der Waals surface area contributed by atoms with Crippen LogP contribution in [0.5, 0.6) is 0 Å². The van der Waals surface area contributed by atoms with Crippen LogP contribution in [0.25, 0.3) is 0 Å². The van der Waals surface area contributed by atoms with Crippen molar-refractivity contribution in [3.05, 3.63) is 35.4 Å². The Labute approximate surface area is 110 Å². The highest BCUT2D eigenvalue weighted by Gasteiger charge is 2.34. The molecule has 0 radical (unpaired) electrons. The Kier molecular flexibility index (Phi) is 4.94. The molecule has 19 heavy (non-hydrogen) atoms. The molecule has 0 saturated carbocycles. The van der Waals surface area contributed by atoms with Gasteiger partial charge in [0.05, 0.1) is 0 Å². The van der Waals surface area contributed by atoms with Gasteiger partial charge in [0, 0.05) is 18.2 Å². The Morgan fingerprint density at radius 1 is 1.26 bits per heavy atom. The third-order valence-electron chi connectivity index (χ3n) is 2.67. The van der Waals surface area contributed by atoms with Crippen molar-refractivity contribution < 1.29 is 18.0 Å². The lowest BCUT2D eigenvalue weighted by Crippen LogP contribution is -2.43. The van der Waals surface area contributed by atoms with Crippen LogP contribution in [0.4, 0.5) is 13.2 Å². The van der Waals surface area contributed by atoms with Crippen molar-refractivity contribution in [2.75, 3.05) is 6.54 Å². The lowest BCUT2D eigenvalue weighted by Gasteiger charge is -2.27. The van der Waals surface area contributed by atoms with Gasteiger partial charge in [-0.2, -0.15) is 13.2 Å². The van der Waals surface area contributed by atoms with Crippen LogP contribution in [0.1, 0.15) is 29.8 Å². The minimum atomic E-state index is -4.41. The maximum Gasteiger partial charge on any atom is 0.406 e. The molecule has 0 unspecified atom stereocenters. The zero-order chi connectivity index (χ0) is 14.6. The lowest BCUT2D eigenvalue weighted by molar-refractivity contribution is -0.143. The number of nitrogens with two attached hydrogens (primary N) is 1. The molecule has 0 atom stereocenters. The van der Waals surface area contributed by atoms with E-state index >= 15 is 0 Å². The van der Waals surface area contributed by atoms with Gasteiger partial charge in [-0.15, -0.1) is 0 Å². The molecule has 0 spiro atoms. The molecule has 1 rings (SSSR count). The first-order chi connectivity index (χ1) is 8.74. The Hall–Kier alpha value is -1.56. The number of alkyl halides is 3. The molecular formula is C13H17F3N2O. The quantitative estimate of drug-likeness (QED) is 0.917. The van der Waals surface area contributed by atoms with Gasteiger partial charge in [-0.3, -0.25) is 4.79 Å². The lowest BCUT2D eigenvalue weighted by atomic mass is 10.1. The van der Waals surface area contributed by atoms with E-state index in [-0.39, 0.29) is 5.56 Å². The second-order valence-corrected chi connectivity index (χ2v) is 4.54. The summed E-state index contributed by atoms with van der Waals surface area (Å²) < 4.78 is 37.4. The van der Waals surface area contributed by atoms with Crippen LogP contribution in [-0.4, -0.2) is 29.6 Å². The van der Waals surface area contributed by atoms with Crippen molar-refractivity contribution in [2.45, 2.75) is 32.6 Å². The predicted molar refractivity (Wildman–Crippen MR) is 66.6 cm³/mol. The fourth-order valence-electron chi connectivity index (χ4n) is 1.63. The first kappa shape index (κ1) is 15.5. The van der Waals surface area contributed by atoms with Crippen molar-refractivity contribution in [1.82, 2.24) is 4.90 Å². The van der Waals surface area contributed by atoms with Crippen molar-refractivity contribution in [1.29, 1.82) is 0 Å². The number of benzene rings is 1. The summed E-state index contributed by atoms with van der Waals surface area (Å²) in [5.74, 6) is -0.629. The molecule has 6 heteroatoms. The smallest absolute Gasteiger partial charge is 0.327 e. The number of rotatable bonds is 4. The number of hydrogen-bond acceptors (Lipinski definition) is 2. The molecule has 0 saturated heterocycles. The number of nitrogens with zero attached hydrogens (tertiary/aromatic N) is 1. The zero-order valence-electron chi connectivity index (χ0n) is 10.9. The van der Waals surface area contributed by atoms with E-state index in [1.54, 1.807) is 26.0 Å². The number of hydrogen-bond donors (Lipinski definition) is 1. The fraction of sp³-hybridized carbons (Fsp3) is 0.462. The summed E-state index contributed by atoms with van der Waals surface area (Å²) >= 11 is 0. The van der Waals surface area contributed by atoms with Gasteiger partial charge in [-0.25, -0.2) is 0 Å². The van der Waals surface area contributed by atoms with Crippen LogP contribution in [0, 0.1) is 0 Å². The molecule has 2 N–H and O–H groups in total. The summed E-state index contributed by atoms with van der Waals surface area (Å²) in [6.45, 7) is 2.18.